The van der Waals surface area contributed by atoms with Crippen LogP contribution in [0.3, 0.4) is 0 Å². The highest BCUT2D eigenvalue weighted by atomic mass is 32.1. The Balaban J connectivity index is 1.78. The second-order valence-electron chi connectivity index (χ2n) is 8.22. The van der Waals surface area contributed by atoms with Crippen molar-refractivity contribution in [3.63, 3.8) is 0 Å². The zero-order valence-electron chi connectivity index (χ0n) is 21.6. The van der Waals surface area contributed by atoms with Gasteiger partial charge in [0.25, 0.3) is 5.56 Å². The van der Waals surface area contributed by atoms with E-state index in [9.17, 15) is 14.4 Å². The average molecular weight is 537 g/mol. The third kappa shape index (κ3) is 5.55. The van der Waals surface area contributed by atoms with Gasteiger partial charge in [0.1, 0.15) is 0 Å². The van der Waals surface area contributed by atoms with E-state index in [2.05, 4.69) is 4.99 Å². The first-order chi connectivity index (χ1) is 18.4. The van der Waals surface area contributed by atoms with E-state index in [1.165, 1.54) is 23.0 Å². The molecule has 198 valence electrons. The van der Waals surface area contributed by atoms with Gasteiger partial charge in [-0.3, -0.25) is 9.36 Å². The van der Waals surface area contributed by atoms with E-state index in [-0.39, 0.29) is 18.8 Å². The van der Waals surface area contributed by atoms with E-state index in [1.54, 1.807) is 38.1 Å². The summed E-state index contributed by atoms with van der Waals surface area (Å²) in [7, 11) is 1.31. The maximum Gasteiger partial charge on any atom is 0.344 e. The molecule has 2 aromatic carbocycles. The van der Waals surface area contributed by atoms with Gasteiger partial charge in [-0.05, 0) is 50.1 Å². The summed E-state index contributed by atoms with van der Waals surface area (Å²) >= 11 is 1.23. The molecule has 0 bridgehead atoms. The molecule has 3 aromatic rings. The lowest BCUT2D eigenvalue weighted by atomic mass is 9.96. The lowest BCUT2D eigenvalue weighted by Gasteiger charge is -2.24. The Morgan fingerprint density at radius 3 is 2.50 bits per heavy atom. The molecular weight excluding hydrogens is 508 g/mol. The van der Waals surface area contributed by atoms with Gasteiger partial charge in [-0.1, -0.05) is 47.7 Å². The molecule has 38 heavy (non-hydrogen) atoms. The summed E-state index contributed by atoms with van der Waals surface area (Å²) in [5.74, 6) is -0.186. The summed E-state index contributed by atoms with van der Waals surface area (Å²) in [4.78, 5) is 43.2. The molecule has 1 aliphatic rings. The van der Waals surface area contributed by atoms with Crippen molar-refractivity contribution >= 4 is 29.4 Å². The molecule has 1 aliphatic heterocycles. The van der Waals surface area contributed by atoms with Crippen molar-refractivity contribution in [2.75, 3.05) is 26.9 Å². The summed E-state index contributed by atoms with van der Waals surface area (Å²) in [6.45, 7) is 5.71. The number of carbonyl (C=O) groups is 2. The minimum absolute atomic E-state index is 0.243. The first kappa shape index (κ1) is 26.9. The topological polar surface area (TPSA) is 105 Å². The summed E-state index contributed by atoms with van der Waals surface area (Å²) in [5.41, 5.74) is 2.01. The Morgan fingerprint density at radius 1 is 1.05 bits per heavy atom. The minimum Gasteiger partial charge on any atom is -0.490 e. The maximum absolute atomic E-state index is 13.7. The normalized spacial score (nSPS) is 14.9. The molecular formula is C28H28N2O7S. The maximum atomic E-state index is 13.7. The van der Waals surface area contributed by atoms with E-state index < -0.39 is 18.0 Å². The third-order valence-electron chi connectivity index (χ3n) is 5.76. The van der Waals surface area contributed by atoms with Gasteiger partial charge in [-0.2, -0.15) is 0 Å². The first-order valence-corrected chi connectivity index (χ1v) is 12.9. The smallest absolute Gasteiger partial charge is 0.344 e. The number of thiazole rings is 1. The predicted octanol–water partition coefficient (Wildman–Crippen LogP) is 2.75. The minimum atomic E-state index is -0.667. The van der Waals surface area contributed by atoms with Crippen molar-refractivity contribution in [1.82, 2.24) is 4.57 Å². The molecule has 0 saturated carbocycles. The van der Waals surface area contributed by atoms with Gasteiger partial charge < -0.3 is 18.9 Å². The number of allylic oxidation sites excluding steroid dienone is 1. The van der Waals surface area contributed by atoms with Crippen molar-refractivity contribution in [2.45, 2.75) is 26.8 Å². The average Bonchev–Trinajstić information content (AvgIpc) is 3.21. The fourth-order valence-electron chi connectivity index (χ4n) is 4.14. The molecule has 1 atom stereocenters. The van der Waals surface area contributed by atoms with Gasteiger partial charge in [0.2, 0.25) is 0 Å². The summed E-state index contributed by atoms with van der Waals surface area (Å²) in [5, 5.41) is 0. The number of carbonyl (C=O) groups excluding carboxylic acids is 2. The van der Waals surface area contributed by atoms with Gasteiger partial charge in [-0.25, -0.2) is 14.6 Å². The van der Waals surface area contributed by atoms with Crippen molar-refractivity contribution in [3.05, 3.63) is 90.6 Å². The van der Waals surface area contributed by atoms with Crippen LogP contribution in [-0.2, 0) is 19.1 Å². The molecule has 0 amide bonds. The van der Waals surface area contributed by atoms with Crippen molar-refractivity contribution < 1.29 is 28.5 Å². The Hall–Kier alpha value is -4.18. The molecule has 2 heterocycles. The molecule has 0 radical (unpaired) electrons. The third-order valence-corrected chi connectivity index (χ3v) is 6.74. The second-order valence-corrected chi connectivity index (χ2v) is 9.23. The van der Waals surface area contributed by atoms with Crippen LogP contribution < -0.4 is 24.4 Å². The molecule has 0 fully saturated rings. The van der Waals surface area contributed by atoms with Crippen LogP contribution in [0.1, 0.15) is 37.9 Å². The van der Waals surface area contributed by atoms with Crippen LogP contribution in [0.5, 0.6) is 11.5 Å². The van der Waals surface area contributed by atoms with E-state index in [0.717, 1.165) is 5.56 Å². The number of esters is 2. The highest BCUT2D eigenvalue weighted by Crippen LogP contribution is 2.31. The number of benzene rings is 2. The molecule has 9 nitrogen and oxygen atoms in total. The van der Waals surface area contributed by atoms with Gasteiger partial charge in [0.05, 0.1) is 42.2 Å². The zero-order chi connectivity index (χ0) is 27.2. The number of nitrogens with zero attached hydrogens (tertiary/aromatic N) is 2. The number of hydrogen-bond donors (Lipinski definition) is 0. The molecule has 0 saturated heterocycles. The number of rotatable bonds is 9. The SMILES string of the molecule is CCOC(=O)COc1ccc(C=c2sc3n(c2=O)C(c2ccccc2)C(C(=O)OC)=C(C)N=3)cc1OCC. The molecule has 0 aliphatic carbocycles. The van der Waals surface area contributed by atoms with Gasteiger partial charge in [-0.15, -0.1) is 0 Å². The van der Waals surface area contributed by atoms with E-state index in [4.69, 9.17) is 18.9 Å². The number of aromatic nitrogens is 1. The number of fused-ring (bicyclic) bond motifs is 1. The predicted molar refractivity (Wildman–Crippen MR) is 142 cm³/mol. The monoisotopic (exact) mass is 536 g/mol. The Morgan fingerprint density at radius 2 is 1.82 bits per heavy atom. The zero-order valence-corrected chi connectivity index (χ0v) is 22.4. The number of ether oxygens (including phenoxy) is 4. The lowest BCUT2D eigenvalue weighted by Crippen LogP contribution is -2.39. The van der Waals surface area contributed by atoms with Gasteiger partial charge in [0, 0.05) is 0 Å². The fourth-order valence-corrected chi connectivity index (χ4v) is 5.18. The largest absolute Gasteiger partial charge is 0.490 e. The fraction of sp³-hybridized carbons (Fsp3) is 0.286. The van der Waals surface area contributed by atoms with E-state index in [0.29, 0.717) is 44.3 Å². The van der Waals surface area contributed by atoms with Gasteiger partial charge in [0.15, 0.2) is 22.9 Å². The van der Waals surface area contributed by atoms with Crippen molar-refractivity contribution in [3.8, 4) is 11.5 Å². The van der Waals surface area contributed by atoms with Crippen LogP contribution in [-0.4, -0.2) is 43.4 Å². The Kier molecular flexibility index (Phi) is 8.42. The van der Waals surface area contributed by atoms with E-state index >= 15 is 0 Å². The Bertz CT molecular complexity index is 1550. The lowest BCUT2D eigenvalue weighted by molar-refractivity contribution is -0.145. The quantitative estimate of drug-likeness (QED) is 0.387. The standard InChI is InChI=1S/C28H28N2O7S/c1-5-35-21-14-18(12-13-20(21)37-16-23(31)36-6-2)15-22-26(32)30-25(19-10-8-7-9-11-19)24(27(33)34-4)17(3)29-28(30)38-22/h7-15,25H,5-6,16H2,1-4H3. The van der Waals surface area contributed by atoms with Crippen molar-refractivity contribution in [1.29, 1.82) is 0 Å². The number of methoxy groups -OCH3 is 1. The summed E-state index contributed by atoms with van der Waals surface area (Å²) in [6, 6.07) is 13.8. The van der Waals surface area contributed by atoms with Crippen molar-refractivity contribution in [2.24, 2.45) is 4.99 Å². The molecule has 1 aromatic heterocycles. The summed E-state index contributed by atoms with van der Waals surface area (Å²) in [6.07, 6.45) is 1.74. The van der Waals surface area contributed by atoms with Crippen LogP contribution in [0.2, 0.25) is 0 Å². The summed E-state index contributed by atoms with van der Waals surface area (Å²) < 4.78 is 23.2. The van der Waals surface area contributed by atoms with Crippen LogP contribution >= 0.6 is 11.3 Å². The molecule has 0 N–H and O–H groups in total. The number of hydrogen-bond acceptors (Lipinski definition) is 9. The molecule has 10 heteroatoms. The molecule has 4 rings (SSSR count). The van der Waals surface area contributed by atoms with Gasteiger partial charge >= 0.3 is 11.9 Å². The Labute approximate surface area is 223 Å². The van der Waals surface area contributed by atoms with Crippen LogP contribution in [0.4, 0.5) is 0 Å². The van der Waals surface area contributed by atoms with Crippen LogP contribution in [0, 0.1) is 0 Å². The highest BCUT2D eigenvalue weighted by Gasteiger charge is 2.32. The highest BCUT2D eigenvalue weighted by molar-refractivity contribution is 7.07. The molecule has 1 unspecified atom stereocenters. The van der Waals surface area contributed by atoms with Crippen LogP contribution in [0.25, 0.3) is 6.08 Å². The van der Waals surface area contributed by atoms with Crippen LogP contribution in [0.15, 0.2) is 69.6 Å². The molecule has 0 spiro atoms. The first-order valence-electron chi connectivity index (χ1n) is 12.1. The second kappa shape index (κ2) is 11.9. The van der Waals surface area contributed by atoms with E-state index in [1.807, 2.05) is 37.3 Å².